The first-order valence-electron chi connectivity index (χ1n) is 6.41. The Hall–Kier alpha value is -1.36. The normalized spacial score (nSPS) is 11.4. The van der Waals surface area contributed by atoms with E-state index in [2.05, 4.69) is 27.5 Å². The van der Waals surface area contributed by atoms with Gasteiger partial charge in [0.05, 0.1) is 0 Å². The molecule has 0 amide bonds. The Morgan fingerprint density at radius 2 is 1.94 bits per heavy atom. The molecular weight excluding hydrogens is 228 g/mol. The van der Waals surface area contributed by atoms with Gasteiger partial charge in [-0.2, -0.15) is 0 Å². The Labute approximate surface area is 109 Å². The maximum Gasteiger partial charge on any atom is 0.133 e. The van der Waals surface area contributed by atoms with E-state index in [1.54, 1.807) is 0 Å². The Kier molecular flexibility index (Phi) is 5.34. The van der Waals surface area contributed by atoms with Crippen molar-refractivity contribution < 1.29 is 5.11 Å². The van der Waals surface area contributed by atoms with Gasteiger partial charge in [0, 0.05) is 38.1 Å². The summed E-state index contributed by atoms with van der Waals surface area (Å²) in [7, 11) is 1.85. The summed E-state index contributed by atoms with van der Waals surface area (Å²) >= 11 is 0. The lowest BCUT2D eigenvalue weighted by Crippen LogP contribution is -2.27. The molecule has 0 radical (unpaired) electrons. The fourth-order valence-electron chi connectivity index (χ4n) is 1.44. The lowest BCUT2D eigenvalue weighted by molar-refractivity contribution is 0.170. The Morgan fingerprint density at radius 1 is 1.28 bits per heavy atom. The molecule has 0 bridgehead atoms. The van der Waals surface area contributed by atoms with Gasteiger partial charge in [-0.3, -0.25) is 0 Å². The molecule has 0 saturated heterocycles. The first-order chi connectivity index (χ1) is 8.50. The van der Waals surface area contributed by atoms with E-state index in [0.29, 0.717) is 6.54 Å². The second-order valence-electron chi connectivity index (χ2n) is 5.23. The maximum atomic E-state index is 9.23. The Morgan fingerprint density at radius 3 is 2.50 bits per heavy atom. The van der Waals surface area contributed by atoms with Gasteiger partial charge in [0.15, 0.2) is 0 Å². The first kappa shape index (κ1) is 14.7. The topological polar surface area (TPSA) is 70.1 Å². The van der Waals surface area contributed by atoms with E-state index in [0.717, 1.165) is 30.3 Å². The highest BCUT2D eigenvalue weighted by atomic mass is 16.3. The van der Waals surface area contributed by atoms with E-state index in [-0.39, 0.29) is 12.0 Å². The van der Waals surface area contributed by atoms with Crippen molar-refractivity contribution in [3.8, 4) is 0 Å². The van der Waals surface area contributed by atoms with Crippen LogP contribution in [0.2, 0.25) is 0 Å². The molecule has 0 spiro atoms. The highest BCUT2D eigenvalue weighted by molar-refractivity contribution is 5.47. The highest BCUT2D eigenvalue weighted by Crippen LogP contribution is 2.17. The fourth-order valence-corrected chi connectivity index (χ4v) is 1.44. The van der Waals surface area contributed by atoms with Gasteiger partial charge in [-0.1, -0.05) is 20.8 Å². The molecule has 0 aliphatic heterocycles. The molecule has 0 saturated carbocycles. The molecule has 1 aromatic heterocycles. The quantitative estimate of drug-likeness (QED) is 0.691. The predicted octanol–water partition coefficient (Wildman–Crippen LogP) is 1.90. The summed E-state index contributed by atoms with van der Waals surface area (Å²) in [4.78, 5) is 8.86. The summed E-state index contributed by atoms with van der Waals surface area (Å²) < 4.78 is 0. The molecule has 1 heterocycles. The number of nitrogens with one attached hydrogen (secondary N) is 2. The molecule has 3 N–H and O–H groups in total. The third-order valence-corrected chi connectivity index (χ3v) is 2.68. The molecule has 1 rings (SSSR count). The molecule has 5 heteroatoms. The Balaban J connectivity index is 2.78. The number of aryl methyl sites for hydroxylation is 1. The average Bonchev–Trinajstić information content (AvgIpc) is 2.37. The summed E-state index contributed by atoms with van der Waals surface area (Å²) in [6.07, 6.45) is 1.89. The van der Waals surface area contributed by atoms with Crippen LogP contribution in [0.5, 0.6) is 0 Å². The van der Waals surface area contributed by atoms with E-state index in [1.165, 1.54) is 0 Å². The minimum Gasteiger partial charge on any atom is -0.396 e. The van der Waals surface area contributed by atoms with Gasteiger partial charge in [0.2, 0.25) is 0 Å². The number of anilines is 2. The third-order valence-electron chi connectivity index (χ3n) is 2.68. The van der Waals surface area contributed by atoms with Crippen LogP contribution < -0.4 is 10.6 Å². The van der Waals surface area contributed by atoms with Crippen molar-refractivity contribution in [3.63, 3.8) is 0 Å². The average molecular weight is 252 g/mol. The van der Waals surface area contributed by atoms with Crippen LogP contribution in [0.15, 0.2) is 6.07 Å². The summed E-state index contributed by atoms with van der Waals surface area (Å²) in [5.41, 5.74) is -0.157. The molecule has 102 valence electrons. The van der Waals surface area contributed by atoms with Crippen molar-refractivity contribution in [2.75, 3.05) is 30.8 Å². The minimum absolute atomic E-state index is 0.145. The zero-order chi connectivity index (χ0) is 13.6. The van der Waals surface area contributed by atoms with Crippen LogP contribution in [-0.2, 0) is 6.42 Å². The lowest BCUT2D eigenvalue weighted by atomic mass is 9.95. The third kappa shape index (κ3) is 4.49. The molecule has 0 aromatic carbocycles. The smallest absolute Gasteiger partial charge is 0.133 e. The molecule has 18 heavy (non-hydrogen) atoms. The van der Waals surface area contributed by atoms with Crippen LogP contribution in [0, 0.1) is 5.41 Å². The van der Waals surface area contributed by atoms with Crippen LogP contribution >= 0.6 is 0 Å². The maximum absolute atomic E-state index is 9.23. The minimum atomic E-state index is -0.157. The van der Waals surface area contributed by atoms with Gasteiger partial charge in [0.25, 0.3) is 0 Å². The molecule has 0 unspecified atom stereocenters. The highest BCUT2D eigenvalue weighted by Gasteiger charge is 2.16. The first-order valence-corrected chi connectivity index (χ1v) is 6.41. The van der Waals surface area contributed by atoms with Gasteiger partial charge in [-0.05, 0) is 6.42 Å². The van der Waals surface area contributed by atoms with Crippen molar-refractivity contribution in [1.82, 2.24) is 9.97 Å². The predicted molar refractivity (Wildman–Crippen MR) is 74.9 cm³/mol. The van der Waals surface area contributed by atoms with Crippen LogP contribution in [0.3, 0.4) is 0 Å². The number of hydrogen-bond donors (Lipinski definition) is 3. The number of nitrogens with zero attached hydrogens (tertiary/aromatic N) is 2. The Bertz CT molecular complexity index is 379. The standard InChI is InChI=1S/C13H24N4O/c1-5-6-10-16-11(14-4)7-12(17-10)15-8-13(2,3)9-18/h7,18H,5-6,8-9H2,1-4H3,(H2,14,15,16,17). The number of aliphatic hydroxyl groups excluding tert-OH is 1. The second kappa shape index (κ2) is 6.54. The van der Waals surface area contributed by atoms with Gasteiger partial charge in [-0.25, -0.2) is 9.97 Å². The fraction of sp³-hybridized carbons (Fsp3) is 0.692. The van der Waals surface area contributed by atoms with Gasteiger partial charge in [-0.15, -0.1) is 0 Å². The van der Waals surface area contributed by atoms with Crippen LogP contribution in [-0.4, -0.2) is 35.3 Å². The van der Waals surface area contributed by atoms with Crippen molar-refractivity contribution in [1.29, 1.82) is 0 Å². The zero-order valence-corrected chi connectivity index (χ0v) is 11.7. The summed E-state index contributed by atoms with van der Waals surface area (Å²) in [5, 5.41) is 15.5. The van der Waals surface area contributed by atoms with Gasteiger partial charge < -0.3 is 15.7 Å². The van der Waals surface area contributed by atoms with Gasteiger partial charge in [0.1, 0.15) is 17.5 Å². The second-order valence-corrected chi connectivity index (χ2v) is 5.23. The van der Waals surface area contributed by atoms with Crippen LogP contribution in [0.25, 0.3) is 0 Å². The van der Waals surface area contributed by atoms with E-state index < -0.39 is 0 Å². The molecular formula is C13H24N4O. The number of aromatic nitrogens is 2. The molecule has 0 aliphatic rings. The summed E-state index contributed by atoms with van der Waals surface area (Å²) in [6.45, 7) is 6.94. The lowest BCUT2D eigenvalue weighted by Gasteiger charge is -2.22. The molecule has 5 nitrogen and oxygen atoms in total. The van der Waals surface area contributed by atoms with Crippen molar-refractivity contribution >= 4 is 11.6 Å². The summed E-state index contributed by atoms with van der Waals surface area (Å²) in [6, 6.07) is 1.88. The monoisotopic (exact) mass is 252 g/mol. The summed E-state index contributed by atoms with van der Waals surface area (Å²) in [5.74, 6) is 2.46. The molecule has 0 fully saturated rings. The number of hydrogen-bond acceptors (Lipinski definition) is 5. The SMILES string of the molecule is CCCc1nc(NC)cc(NCC(C)(C)CO)n1. The van der Waals surface area contributed by atoms with Gasteiger partial charge >= 0.3 is 0 Å². The molecule has 1 aromatic rings. The van der Waals surface area contributed by atoms with E-state index in [4.69, 9.17) is 0 Å². The van der Waals surface area contributed by atoms with Crippen molar-refractivity contribution in [2.24, 2.45) is 5.41 Å². The molecule has 0 atom stereocenters. The van der Waals surface area contributed by atoms with Crippen LogP contribution in [0.1, 0.15) is 33.0 Å². The zero-order valence-electron chi connectivity index (χ0n) is 11.7. The van der Waals surface area contributed by atoms with Crippen molar-refractivity contribution in [2.45, 2.75) is 33.6 Å². The van der Waals surface area contributed by atoms with Crippen molar-refractivity contribution in [3.05, 3.63) is 11.9 Å². The van der Waals surface area contributed by atoms with E-state index in [1.807, 2.05) is 27.0 Å². The number of rotatable bonds is 7. The number of aliphatic hydroxyl groups is 1. The molecule has 0 aliphatic carbocycles. The van der Waals surface area contributed by atoms with Crippen LogP contribution in [0.4, 0.5) is 11.6 Å². The van der Waals surface area contributed by atoms with E-state index in [9.17, 15) is 5.11 Å². The van der Waals surface area contributed by atoms with E-state index >= 15 is 0 Å². The largest absolute Gasteiger partial charge is 0.396 e.